The number of carbonyl (C=O) groups excluding carboxylic acids is 1. The maximum absolute atomic E-state index is 12.4. The predicted octanol–water partition coefficient (Wildman–Crippen LogP) is 2.14. The summed E-state index contributed by atoms with van der Waals surface area (Å²) in [7, 11) is 1.67. The zero-order valence-electron chi connectivity index (χ0n) is 15.1. The minimum absolute atomic E-state index is 0.0440. The number of benzene rings is 1. The van der Waals surface area contributed by atoms with Crippen molar-refractivity contribution in [2.75, 3.05) is 33.4 Å². The van der Waals surface area contributed by atoms with Crippen molar-refractivity contribution in [3.05, 3.63) is 29.8 Å². The quantitative estimate of drug-likeness (QED) is 0.830. The number of aliphatic hydroxyl groups is 1. The van der Waals surface area contributed by atoms with Gasteiger partial charge in [0.25, 0.3) is 0 Å². The van der Waals surface area contributed by atoms with Crippen LogP contribution in [0.5, 0.6) is 5.75 Å². The number of hydrogen-bond donors (Lipinski definition) is 1. The zero-order chi connectivity index (χ0) is 17.5. The summed E-state index contributed by atoms with van der Waals surface area (Å²) in [6.45, 7) is 7.42. The normalized spacial score (nSPS) is 17.9. The maximum atomic E-state index is 12.4. The average molecular weight is 334 g/mol. The second kappa shape index (κ2) is 9.04. The Morgan fingerprint density at radius 3 is 2.46 bits per heavy atom. The van der Waals surface area contributed by atoms with E-state index in [9.17, 15) is 9.90 Å². The first-order chi connectivity index (χ1) is 11.5. The van der Waals surface area contributed by atoms with Gasteiger partial charge in [0.15, 0.2) is 0 Å². The summed E-state index contributed by atoms with van der Waals surface area (Å²) in [4.78, 5) is 16.6. The second-order valence-electron chi connectivity index (χ2n) is 6.93. The lowest BCUT2D eigenvalue weighted by atomic mass is 10.0. The smallest absolute Gasteiger partial charge is 0.224 e. The highest BCUT2D eigenvalue weighted by Gasteiger charge is 2.27. The van der Waals surface area contributed by atoms with Gasteiger partial charge in [0.05, 0.1) is 19.8 Å². The first-order valence-corrected chi connectivity index (χ1v) is 8.79. The highest BCUT2D eigenvalue weighted by Crippen LogP contribution is 2.17. The van der Waals surface area contributed by atoms with E-state index in [1.807, 2.05) is 17.0 Å². The van der Waals surface area contributed by atoms with Gasteiger partial charge in [-0.1, -0.05) is 26.0 Å². The van der Waals surface area contributed by atoms with Gasteiger partial charge in [-0.25, -0.2) is 0 Å². The van der Waals surface area contributed by atoms with Crippen LogP contribution in [0.4, 0.5) is 0 Å². The molecule has 0 bridgehead atoms. The summed E-state index contributed by atoms with van der Waals surface area (Å²) in [6, 6.07) is 8.01. The van der Waals surface area contributed by atoms with E-state index in [2.05, 4.69) is 30.9 Å². The summed E-state index contributed by atoms with van der Waals surface area (Å²) in [5.41, 5.74) is 1.22. The van der Waals surface area contributed by atoms with Gasteiger partial charge >= 0.3 is 0 Å². The highest BCUT2D eigenvalue weighted by atomic mass is 16.5. The van der Waals surface area contributed by atoms with Crippen LogP contribution in [0.25, 0.3) is 0 Å². The van der Waals surface area contributed by atoms with E-state index in [0.29, 0.717) is 18.9 Å². The topological polar surface area (TPSA) is 53.0 Å². The Kier molecular flexibility index (Phi) is 7.06. The monoisotopic (exact) mass is 334 g/mol. The molecule has 0 aromatic heterocycles. The number of hydrogen-bond acceptors (Lipinski definition) is 4. The molecule has 1 saturated heterocycles. The Morgan fingerprint density at radius 1 is 1.17 bits per heavy atom. The van der Waals surface area contributed by atoms with Crippen LogP contribution in [0.1, 0.15) is 32.3 Å². The van der Waals surface area contributed by atoms with Crippen LogP contribution in [0.3, 0.4) is 0 Å². The van der Waals surface area contributed by atoms with E-state index in [-0.39, 0.29) is 18.6 Å². The van der Waals surface area contributed by atoms with E-state index >= 15 is 0 Å². The van der Waals surface area contributed by atoms with Crippen molar-refractivity contribution in [1.82, 2.24) is 9.80 Å². The van der Waals surface area contributed by atoms with E-state index in [1.54, 1.807) is 7.11 Å². The minimum Gasteiger partial charge on any atom is -0.497 e. The summed E-state index contributed by atoms with van der Waals surface area (Å²) < 4.78 is 5.19. The molecule has 0 saturated carbocycles. The molecule has 0 unspecified atom stereocenters. The van der Waals surface area contributed by atoms with Gasteiger partial charge < -0.3 is 14.7 Å². The molecule has 1 amide bonds. The molecule has 5 nitrogen and oxygen atoms in total. The summed E-state index contributed by atoms with van der Waals surface area (Å²) >= 11 is 0. The van der Waals surface area contributed by atoms with Crippen LogP contribution in [-0.2, 0) is 11.3 Å². The fourth-order valence-electron chi connectivity index (χ4n) is 3.26. The number of carbonyl (C=O) groups is 1. The van der Waals surface area contributed by atoms with Crippen molar-refractivity contribution < 1.29 is 14.6 Å². The molecule has 1 aliphatic rings. The highest BCUT2D eigenvalue weighted by molar-refractivity contribution is 5.77. The molecule has 2 rings (SSSR count). The lowest BCUT2D eigenvalue weighted by molar-refractivity contribution is -0.133. The minimum atomic E-state index is -0.0570. The third-order valence-corrected chi connectivity index (χ3v) is 4.58. The summed E-state index contributed by atoms with van der Waals surface area (Å²) in [5.74, 6) is 1.48. The molecule has 1 fully saturated rings. The first kappa shape index (κ1) is 18.7. The molecule has 134 valence electrons. The van der Waals surface area contributed by atoms with Crippen LogP contribution in [0, 0.1) is 5.92 Å². The summed E-state index contributed by atoms with van der Waals surface area (Å²) in [6.07, 6.45) is 1.37. The van der Waals surface area contributed by atoms with Crippen molar-refractivity contribution in [3.8, 4) is 5.75 Å². The largest absolute Gasteiger partial charge is 0.497 e. The standard InChI is InChI=1S/C19H30N2O3/c1-15(2)12-17(14-22)21-11-10-20(9-8-19(21)23)13-16-4-6-18(24-3)7-5-16/h4-7,15,17,22H,8-14H2,1-3H3/t17-/m0/s1. The zero-order valence-corrected chi connectivity index (χ0v) is 15.1. The van der Waals surface area contributed by atoms with Gasteiger partial charge in [-0.2, -0.15) is 0 Å². The van der Waals surface area contributed by atoms with E-state index < -0.39 is 0 Å². The Labute approximate surface area is 145 Å². The van der Waals surface area contributed by atoms with Gasteiger partial charge in [-0.05, 0) is 30.0 Å². The lowest BCUT2D eigenvalue weighted by Crippen LogP contribution is -2.44. The van der Waals surface area contributed by atoms with Crippen LogP contribution in [0.2, 0.25) is 0 Å². The van der Waals surface area contributed by atoms with Crippen molar-refractivity contribution in [3.63, 3.8) is 0 Å². The summed E-state index contributed by atoms with van der Waals surface area (Å²) in [5, 5.41) is 9.67. The Balaban J connectivity index is 1.95. The lowest BCUT2D eigenvalue weighted by Gasteiger charge is -2.31. The van der Waals surface area contributed by atoms with Crippen LogP contribution < -0.4 is 4.74 Å². The van der Waals surface area contributed by atoms with Gasteiger partial charge in [0, 0.05) is 32.6 Å². The third-order valence-electron chi connectivity index (χ3n) is 4.58. The van der Waals surface area contributed by atoms with E-state index in [4.69, 9.17) is 4.74 Å². The molecule has 0 aliphatic carbocycles. The molecule has 1 heterocycles. The Hall–Kier alpha value is -1.59. The molecule has 1 atom stereocenters. The molecule has 1 aromatic carbocycles. The van der Waals surface area contributed by atoms with Gasteiger partial charge in [-0.15, -0.1) is 0 Å². The Bertz CT molecular complexity index is 516. The molecule has 0 spiro atoms. The molecule has 1 aromatic rings. The molecule has 24 heavy (non-hydrogen) atoms. The molecule has 1 aliphatic heterocycles. The number of rotatable bonds is 7. The van der Waals surface area contributed by atoms with Gasteiger partial charge in [-0.3, -0.25) is 9.69 Å². The number of ether oxygens (including phenoxy) is 1. The van der Waals surface area contributed by atoms with Crippen LogP contribution in [-0.4, -0.2) is 60.2 Å². The number of aliphatic hydroxyl groups excluding tert-OH is 1. The Morgan fingerprint density at radius 2 is 1.88 bits per heavy atom. The SMILES string of the molecule is COc1ccc(CN2CCC(=O)N([C@H](CO)CC(C)C)CC2)cc1. The average Bonchev–Trinajstić information content (AvgIpc) is 2.75. The van der Waals surface area contributed by atoms with E-state index in [1.165, 1.54) is 5.56 Å². The number of methoxy groups -OCH3 is 1. The fraction of sp³-hybridized carbons (Fsp3) is 0.632. The van der Waals surface area contributed by atoms with Crippen molar-refractivity contribution >= 4 is 5.91 Å². The van der Waals surface area contributed by atoms with Crippen LogP contribution in [0.15, 0.2) is 24.3 Å². The van der Waals surface area contributed by atoms with Gasteiger partial charge in [0.2, 0.25) is 5.91 Å². The number of nitrogens with zero attached hydrogens (tertiary/aromatic N) is 2. The molecule has 5 heteroatoms. The molecule has 0 radical (unpaired) electrons. The second-order valence-corrected chi connectivity index (χ2v) is 6.93. The molecular formula is C19H30N2O3. The predicted molar refractivity (Wildman–Crippen MR) is 94.9 cm³/mol. The number of amides is 1. The molecular weight excluding hydrogens is 304 g/mol. The first-order valence-electron chi connectivity index (χ1n) is 8.79. The van der Waals surface area contributed by atoms with E-state index in [0.717, 1.165) is 31.8 Å². The maximum Gasteiger partial charge on any atom is 0.224 e. The molecule has 1 N–H and O–H groups in total. The fourth-order valence-corrected chi connectivity index (χ4v) is 3.26. The van der Waals surface area contributed by atoms with Crippen molar-refractivity contribution in [2.45, 2.75) is 39.3 Å². The van der Waals surface area contributed by atoms with Crippen molar-refractivity contribution in [2.24, 2.45) is 5.92 Å². The van der Waals surface area contributed by atoms with Crippen molar-refractivity contribution in [1.29, 1.82) is 0 Å². The third kappa shape index (κ3) is 5.21. The van der Waals surface area contributed by atoms with Crippen LogP contribution >= 0.6 is 0 Å². The van der Waals surface area contributed by atoms with Gasteiger partial charge in [0.1, 0.15) is 5.75 Å².